The van der Waals surface area contributed by atoms with Crippen LogP contribution >= 0.6 is 0 Å². The Labute approximate surface area is 125 Å². The van der Waals surface area contributed by atoms with Crippen molar-refractivity contribution in [1.82, 2.24) is 29.6 Å². The molecular weight excluding hydrogens is 286 g/mol. The van der Waals surface area contributed by atoms with Gasteiger partial charge in [0.1, 0.15) is 5.65 Å². The van der Waals surface area contributed by atoms with Crippen LogP contribution in [0.1, 0.15) is 16.3 Å². The van der Waals surface area contributed by atoms with Crippen molar-refractivity contribution in [1.29, 1.82) is 0 Å². The van der Waals surface area contributed by atoms with E-state index < -0.39 is 5.91 Å². The minimum Gasteiger partial charge on any atom is -0.308 e. The van der Waals surface area contributed by atoms with Crippen LogP contribution < -0.4 is 5.32 Å². The second-order valence-electron chi connectivity index (χ2n) is 4.65. The molecule has 22 heavy (non-hydrogen) atoms. The van der Waals surface area contributed by atoms with Crippen LogP contribution in [-0.2, 0) is 4.84 Å². The van der Waals surface area contributed by atoms with Crippen LogP contribution in [0.3, 0.4) is 0 Å². The van der Waals surface area contributed by atoms with Crippen molar-refractivity contribution < 1.29 is 9.63 Å². The van der Waals surface area contributed by atoms with Gasteiger partial charge in [-0.05, 0) is 19.1 Å². The van der Waals surface area contributed by atoms with Crippen molar-refractivity contribution in [3.8, 4) is 0 Å². The van der Waals surface area contributed by atoms with E-state index in [2.05, 4.69) is 25.5 Å². The highest BCUT2D eigenvalue weighted by molar-refractivity contribution is 5.90. The van der Waals surface area contributed by atoms with Gasteiger partial charge in [0, 0.05) is 25.0 Å². The molecule has 0 radical (unpaired) electrons. The molecule has 2 N–H and O–H groups in total. The third-order valence-corrected chi connectivity index (χ3v) is 3.08. The molecule has 9 nitrogen and oxygen atoms in total. The third-order valence-electron chi connectivity index (χ3n) is 3.08. The largest absolute Gasteiger partial charge is 0.315 e. The van der Waals surface area contributed by atoms with Crippen LogP contribution in [0.5, 0.6) is 0 Å². The fourth-order valence-electron chi connectivity index (χ4n) is 1.93. The molecular formula is C13H15N7O2. The molecule has 3 rings (SSSR count). The number of aromatic amines is 1. The fraction of sp³-hybridized carbons (Fsp3) is 0.231. The highest BCUT2D eigenvalue weighted by Crippen LogP contribution is 2.16. The van der Waals surface area contributed by atoms with E-state index in [4.69, 9.17) is 4.84 Å². The zero-order valence-electron chi connectivity index (χ0n) is 12.4. The molecule has 0 unspecified atom stereocenters. The number of nitrogens with one attached hydrogen (secondary N) is 2. The summed E-state index contributed by atoms with van der Waals surface area (Å²) in [5.74, 6) is 0.636. The van der Waals surface area contributed by atoms with Crippen LogP contribution in [0, 0.1) is 6.92 Å². The molecule has 0 aromatic carbocycles. The SMILES string of the molecule is CON(C)C(=O)c1nc(Nc2cc(C)[nH]n2)n2cccc2n1. The molecule has 0 atom stereocenters. The second kappa shape index (κ2) is 5.45. The lowest BCUT2D eigenvalue weighted by molar-refractivity contribution is -0.0764. The first-order valence-electron chi connectivity index (χ1n) is 6.55. The van der Waals surface area contributed by atoms with Crippen LogP contribution in [0.2, 0.25) is 0 Å². The minimum absolute atomic E-state index is 0.0327. The maximum absolute atomic E-state index is 12.2. The number of aryl methyl sites for hydroxylation is 1. The van der Waals surface area contributed by atoms with Crippen molar-refractivity contribution in [2.75, 3.05) is 19.5 Å². The molecule has 3 aromatic rings. The predicted molar refractivity (Wildman–Crippen MR) is 78.7 cm³/mol. The second-order valence-corrected chi connectivity index (χ2v) is 4.65. The first-order chi connectivity index (χ1) is 10.6. The standard InChI is InChI=1S/C13H15N7O2/c1-8-7-9(18-17-8)14-13-16-11(12(21)19(2)22-3)15-10-5-4-6-20(10)13/h4-7H,1-3H3,(H2,14,15,16,17,18). The number of hydrogen-bond acceptors (Lipinski definition) is 6. The molecule has 1 amide bonds. The number of hydroxylamine groups is 2. The van der Waals surface area contributed by atoms with Gasteiger partial charge < -0.3 is 5.32 Å². The average molecular weight is 301 g/mol. The van der Waals surface area contributed by atoms with E-state index >= 15 is 0 Å². The van der Waals surface area contributed by atoms with E-state index in [0.717, 1.165) is 10.8 Å². The minimum atomic E-state index is -0.438. The number of hydrogen-bond donors (Lipinski definition) is 2. The van der Waals surface area contributed by atoms with Gasteiger partial charge in [-0.2, -0.15) is 10.1 Å². The quantitative estimate of drug-likeness (QED) is 0.701. The van der Waals surface area contributed by atoms with Gasteiger partial charge >= 0.3 is 5.91 Å². The van der Waals surface area contributed by atoms with E-state index in [-0.39, 0.29) is 5.82 Å². The molecule has 0 aliphatic carbocycles. The first-order valence-corrected chi connectivity index (χ1v) is 6.55. The topological polar surface area (TPSA) is 100 Å². The number of carbonyl (C=O) groups is 1. The van der Waals surface area contributed by atoms with Gasteiger partial charge in [-0.1, -0.05) is 0 Å². The number of anilines is 2. The molecule has 0 saturated carbocycles. The highest BCUT2D eigenvalue weighted by atomic mass is 16.7. The van der Waals surface area contributed by atoms with Crippen molar-refractivity contribution in [2.24, 2.45) is 0 Å². The number of fused-ring (bicyclic) bond motifs is 1. The van der Waals surface area contributed by atoms with Crippen molar-refractivity contribution in [3.05, 3.63) is 35.9 Å². The average Bonchev–Trinajstić information content (AvgIpc) is 3.14. The van der Waals surface area contributed by atoms with Gasteiger partial charge in [0.05, 0.1) is 7.11 Å². The van der Waals surface area contributed by atoms with Crippen molar-refractivity contribution in [2.45, 2.75) is 6.92 Å². The summed E-state index contributed by atoms with van der Waals surface area (Å²) in [6.07, 6.45) is 1.80. The van der Waals surface area contributed by atoms with E-state index in [9.17, 15) is 4.79 Å². The van der Waals surface area contributed by atoms with Crippen LogP contribution in [0.25, 0.3) is 5.65 Å². The summed E-state index contributed by atoms with van der Waals surface area (Å²) in [5.41, 5.74) is 1.51. The fourth-order valence-corrected chi connectivity index (χ4v) is 1.93. The number of H-pyrrole nitrogens is 1. The summed E-state index contributed by atoms with van der Waals surface area (Å²) in [5, 5.41) is 11.1. The lowest BCUT2D eigenvalue weighted by atomic mass is 10.5. The van der Waals surface area contributed by atoms with Gasteiger partial charge in [-0.25, -0.2) is 10.0 Å². The summed E-state index contributed by atoms with van der Waals surface area (Å²) in [4.78, 5) is 25.5. The maximum Gasteiger partial charge on any atom is 0.315 e. The Morgan fingerprint density at radius 2 is 2.27 bits per heavy atom. The molecule has 0 aliphatic heterocycles. The molecule has 0 saturated heterocycles. The first kappa shape index (κ1) is 14.0. The summed E-state index contributed by atoms with van der Waals surface area (Å²) in [6, 6.07) is 5.44. The molecule has 0 fully saturated rings. The number of carbonyl (C=O) groups excluding carboxylic acids is 1. The molecule has 3 heterocycles. The maximum atomic E-state index is 12.2. The summed E-state index contributed by atoms with van der Waals surface area (Å²) in [7, 11) is 2.90. The van der Waals surface area contributed by atoms with E-state index in [1.165, 1.54) is 14.2 Å². The van der Waals surface area contributed by atoms with Crippen molar-refractivity contribution in [3.63, 3.8) is 0 Å². The Bertz CT molecular complexity index is 823. The van der Waals surface area contributed by atoms with Gasteiger partial charge in [0.2, 0.25) is 11.8 Å². The summed E-state index contributed by atoms with van der Waals surface area (Å²) >= 11 is 0. The molecule has 114 valence electrons. The zero-order chi connectivity index (χ0) is 15.7. The Morgan fingerprint density at radius 1 is 1.45 bits per heavy atom. The lowest BCUT2D eigenvalue weighted by Gasteiger charge is -2.13. The molecule has 0 aliphatic rings. The Balaban J connectivity index is 2.04. The smallest absolute Gasteiger partial charge is 0.308 e. The molecule has 3 aromatic heterocycles. The van der Waals surface area contributed by atoms with Crippen molar-refractivity contribution >= 4 is 23.3 Å². The Morgan fingerprint density at radius 3 is 2.95 bits per heavy atom. The highest BCUT2D eigenvalue weighted by Gasteiger charge is 2.18. The summed E-state index contributed by atoms with van der Waals surface area (Å²) < 4.78 is 1.73. The Hall–Kier alpha value is -2.94. The zero-order valence-corrected chi connectivity index (χ0v) is 12.4. The lowest BCUT2D eigenvalue weighted by Crippen LogP contribution is -2.27. The van der Waals surface area contributed by atoms with Gasteiger partial charge in [0.15, 0.2) is 5.82 Å². The van der Waals surface area contributed by atoms with Crippen LogP contribution in [0.4, 0.5) is 11.8 Å². The Kier molecular flexibility index (Phi) is 3.47. The number of aromatic nitrogens is 5. The number of amides is 1. The normalized spacial score (nSPS) is 10.9. The van der Waals surface area contributed by atoms with Gasteiger partial charge in [-0.3, -0.25) is 19.1 Å². The predicted octanol–water partition coefficient (Wildman–Crippen LogP) is 1.14. The molecule has 0 spiro atoms. The van der Waals surface area contributed by atoms with Crippen LogP contribution in [0.15, 0.2) is 24.4 Å². The number of nitrogens with zero attached hydrogens (tertiary/aromatic N) is 5. The van der Waals surface area contributed by atoms with E-state index in [0.29, 0.717) is 17.4 Å². The van der Waals surface area contributed by atoms with Crippen LogP contribution in [-0.4, -0.2) is 49.7 Å². The van der Waals surface area contributed by atoms with E-state index in [1.807, 2.05) is 19.1 Å². The van der Waals surface area contributed by atoms with E-state index in [1.54, 1.807) is 16.7 Å². The molecule has 0 bridgehead atoms. The molecule has 9 heteroatoms. The van der Waals surface area contributed by atoms with Gasteiger partial charge in [-0.15, -0.1) is 0 Å². The third kappa shape index (κ3) is 2.49. The number of rotatable bonds is 4. The summed E-state index contributed by atoms with van der Waals surface area (Å²) in [6.45, 7) is 1.89. The monoisotopic (exact) mass is 301 g/mol. The van der Waals surface area contributed by atoms with Gasteiger partial charge in [0.25, 0.3) is 0 Å².